The first kappa shape index (κ1) is 17.5. The Labute approximate surface area is 131 Å². The molecule has 0 saturated carbocycles. The molecule has 2 amide bonds. The van der Waals surface area contributed by atoms with Crippen molar-refractivity contribution >= 4 is 35.6 Å². The monoisotopic (exact) mass is 311 g/mol. The maximum atomic E-state index is 12.0. The predicted octanol–water partition coefficient (Wildman–Crippen LogP) is 2.54. The largest absolute Gasteiger partial charge is 0.326 e. The number of hydrogen-bond donors (Lipinski definition) is 3. The van der Waals surface area contributed by atoms with Crippen LogP contribution in [0.25, 0.3) is 0 Å². The summed E-state index contributed by atoms with van der Waals surface area (Å²) in [7, 11) is 0. The van der Waals surface area contributed by atoms with E-state index in [4.69, 9.17) is 0 Å². The van der Waals surface area contributed by atoms with Gasteiger partial charge in [0.15, 0.2) is 0 Å². The fraction of sp³-hybridized carbons (Fsp3) is 0.467. The van der Waals surface area contributed by atoms with Crippen LogP contribution in [-0.2, 0) is 9.59 Å². The second-order valence-corrected chi connectivity index (χ2v) is 5.02. The lowest BCUT2D eigenvalue weighted by molar-refractivity contribution is -0.118. The Hall–Kier alpha value is -1.59. The molecule has 3 N–H and O–H groups in total. The summed E-state index contributed by atoms with van der Waals surface area (Å²) in [6.07, 6.45) is 3.22. The molecular formula is C15H22ClN3O2. The summed E-state index contributed by atoms with van der Waals surface area (Å²) in [4.78, 5) is 23.5. The van der Waals surface area contributed by atoms with Gasteiger partial charge in [-0.3, -0.25) is 9.59 Å². The summed E-state index contributed by atoms with van der Waals surface area (Å²) >= 11 is 0. The van der Waals surface area contributed by atoms with Gasteiger partial charge in [0.05, 0.1) is 6.04 Å². The molecule has 21 heavy (non-hydrogen) atoms. The van der Waals surface area contributed by atoms with Gasteiger partial charge < -0.3 is 16.0 Å². The van der Waals surface area contributed by atoms with Crippen LogP contribution in [0.5, 0.6) is 0 Å². The molecule has 0 spiro atoms. The van der Waals surface area contributed by atoms with Crippen molar-refractivity contribution in [3.63, 3.8) is 0 Å². The van der Waals surface area contributed by atoms with Crippen molar-refractivity contribution in [2.75, 3.05) is 17.2 Å². The minimum absolute atomic E-state index is 0. The van der Waals surface area contributed by atoms with E-state index in [1.807, 2.05) is 25.1 Å². The van der Waals surface area contributed by atoms with E-state index in [9.17, 15) is 9.59 Å². The Kier molecular flexibility index (Phi) is 7.19. The Morgan fingerprint density at radius 2 is 2.00 bits per heavy atom. The minimum Gasteiger partial charge on any atom is -0.326 e. The first-order valence-corrected chi connectivity index (χ1v) is 7.13. The van der Waals surface area contributed by atoms with E-state index in [0.717, 1.165) is 25.8 Å². The number of rotatable bonds is 5. The molecule has 116 valence electrons. The highest BCUT2D eigenvalue weighted by Gasteiger charge is 2.21. The van der Waals surface area contributed by atoms with Gasteiger partial charge in [0.2, 0.25) is 11.8 Å². The van der Waals surface area contributed by atoms with Gasteiger partial charge in [-0.15, -0.1) is 12.4 Å². The fourth-order valence-electron chi connectivity index (χ4n) is 2.26. The van der Waals surface area contributed by atoms with Crippen LogP contribution in [0.1, 0.15) is 32.6 Å². The molecule has 1 aromatic carbocycles. The molecule has 1 heterocycles. The van der Waals surface area contributed by atoms with Crippen molar-refractivity contribution in [1.82, 2.24) is 5.32 Å². The van der Waals surface area contributed by atoms with Crippen molar-refractivity contribution in [1.29, 1.82) is 0 Å². The molecule has 6 heteroatoms. The molecule has 1 unspecified atom stereocenters. The zero-order valence-electron chi connectivity index (χ0n) is 12.1. The molecule has 1 fully saturated rings. The highest BCUT2D eigenvalue weighted by Crippen LogP contribution is 2.16. The van der Waals surface area contributed by atoms with E-state index < -0.39 is 0 Å². The molecule has 1 saturated heterocycles. The summed E-state index contributed by atoms with van der Waals surface area (Å²) in [6, 6.07) is 7.13. The van der Waals surface area contributed by atoms with Crippen LogP contribution in [0, 0.1) is 0 Å². The van der Waals surface area contributed by atoms with Crippen molar-refractivity contribution in [2.24, 2.45) is 0 Å². The van der Waals surface area contributed by atoms with Gasteiger partial charge in [-0.1, -0.05) is 13.0 Å². The molecule has 0 bridgehead atoms. The third-order valence-corrected chi connectivity index (χ3v) is 3.27. The van der Waals surface area contributed by atoms with E-state index in [1.165, 1.54) is 0 Å². The average molecular weight is 312 g/mol. The summed E-state index contributed by atoms with van der Waals surface area (Å²) in [5.41, 5.74) is 1.42. The van der Waals surface area contributed by atoms with Gasteiger partial charge in [-0.2, -0.15) is 0 Å². The number of benzene rings is 1. The Morgan fingerprint density at radius 3 is 2.62 bits per heavy atom. The molecule has 1 aromatic rings. The second-order valence-electron chi connectivity index (χ2n) is 5.02. The van der Waals surface area contributed by atoms with Crippen LogP contribution in [0.15, 0.2) is 24.3 Å². The highest BCUT2D eigenvalue weighted by molar-refractivity contribution is 5.96. The molecule has 0 aliphatic carbocycles. The number of hydrogen-bond acceptors (Lipinski definition) is 3. The van der Waals surface area contributed by atoms with Crippen LogP contribution in [-0.4, -0.2) is 24.4 Å². The normalized spacial score (nSPS) is 16.9. The summed E-state index contributed by atoms with van der Waals surface area (Å²) in [5, 5.41) is 8.86. The number of carbonyl (C=O) groups excluding carboxylic acids is 2. The molecule has 1 aliphatic rings. The van der Waals surface area contributed by atoms with E-state index in [0.29, 0.717) is 17.8 Å². The Balaban J connectivity index is 0.00000220. The third kappa shape index (κ3) is 5.36. The van der Waals surface area contributed by atoms with Crippen LogP contribution in [0.4, 0.5) is 11.4 Å². The zero-order valence-corrected chi connectivity index (χ0v) is 13.0. The van der Waals surface area contributed by atoms with Gasteiger partial charge in [0.1, 0.15) is 0 Å². The molecule has 2 rings (SSSR count). The van der Waals surface area contributed by atoms with Crippen molar-refractivity contribution in [3.05, 3.63) is 24.3 Å². The lowest BCUT2D eigenvalue weighted by Gasteiger charge is -2.12. The molecule has 1 atom stereocenters. The Bertz CT molecular complexity index is 488. The summed E-state index contributed by atoms with van der Waals surface area (Å²) in [6.45, 7) is 2.86. The smallest absolute Gasteiger partial charge is 0.241 e. The van der Waals surface area contributed by atoms with Gasteiger partial charge in [0, 0.05) is 17.8 Å². The van der Waals surface area contributed by atoms with Crippen molar-refractivity contribution in [2.45, 2.75) is 38.6 Å². The minimum atomic E-state index is -0.103. The van der Waals surface area contributed by atoms with Crippen molar-refractivity contribution < 1.29 is 9.59 Å². The molecule has 5 nitrogen and oxygen atoms in total. The van der Waals surface area contributed by atoms with Gasteiger partial charge in [0.25, 0.3) is 0 Å². The van der Waals surface area contributed by atoms with Gasteiger partial charge in [-0.05, 0) is 44.0 Å². The molecule has 0 radical (unpaired) electrons. The summed E-state index contributed by atoms with van der Waals surface area (Å²) in [5.74, 6) is -0.0204. The topological polar surface area (TPSA) is 70.2 Å². The quantitative estimate of drug-likeness (QED) is 0.782. The van der Waals surface area contributed by atoms with Gasteiger partial charge >= 0.3 is 0 Å². The van der Waals surface area contributed by atoms with E-state index in [2.05, 4.69) is 16.0 Å². The van der Waals surface area contributed by atoms with E-state index >= 15 is 0 Å². The van der Waals surface area contributed by atoms with Crippen LogP contribution < -0.4 is 16.0 Å². The summed E-state index contributed by atoms with van der Waals surface area (Å²) < 4.78 is 0. The SMILES string of the molecule is CCCC(=O)Nc1cccc(NC(=O)C2CCCN2)c1.Cl. The van der Waals surface area contributed by atoms with Gasteiger partial charge in [-0.25, -0.2) is 0 Å². The number of halogens is 1. The number of amides is 2. The maximum absolute atomic E-state index is 12.0. The lowest BCUT2D eigenvalue weighted by atomic mass is 10.2. The standard InChI is InChI=1S/C15H21N3O2.ClH/c1-2-5-14(19)17-11-6-3-7-12(10-11)18-15(20)13-8-4-9-16-13;/h3,6-7,10,13,16H,2,4-5,8-9H2,1H3,(H,17,19)(H,18,20);1H. The molecule has 1 aliphatic heterocycles. The number of anilines is 2. The predicted molar refractivity (Wildman–Crippen MR) is 86.9 cm³/mol. The second kappa shape index (κ2) is 8.64. The first-order chi connectivity index (χ1) is 9.69. The highest BCUT2D eigenvalue weighted by atomic mass is 35.5. The van der Waals surface area contributed by atoms with E-state index in [-0.39, 0.29) is 30.3 Å². The fourth-order valence-corrected chi connectivity index (χ4v) is 2.26. The van der Waals surface area contributed by atoms with E-state index in [1.54, 1.807) is 6.07 Å². The maximum Gasteiger partial charge on any atom is 0.241 e. The average Bonchev–Trinajstić information content (AvgIpc) is 2.93. The molecule has 0 aromatic heterocycles. The van der Waals surface area contributed by atoms with Crippen LogP contribution in [0.3, 0.4) is 0 Å². The Morgan fingerprint density at radius 1 is 1.29 bits per heavy atom. The van der Waals surface area contributed by atoms with Crippen molar-refractivity contribution in [3.8, 4) is 0 Å². The first-order valence-electron chi connectivity index (χ1n) is 7.13. The zero-order chi connectivity index (χ0) is 14.4. The lowest BCUT2D eigenvalue weighted by Crippen LogP contribution is -2.35. The van der Waals surface area contributed by atoms with Crippen LogP contribution in [0.2, 0.25) is 0 Å². The number of carbonyl (C=O) groups is 2. The third-order valence-electron chi connectivity index (χ3n) is 3.27. The molecular weight excluding hydrogens is 290 g/mol. The van der Waals surface area contributed by atoms with Crippen LogP contribution >= 0.6 is 12.4 Å². The number of nitrogens with one attached hydrogen (secondary N) is 3.